The second kappa shape index (κ2) is 6.55. The number of carboxylic acids is 1. The molecule has 7 heteroatoms. The molecule has 0 aromatic carbocycles. The quantitative estimate of drug-likeness (QED) is 0.724. The summed E-state index contributed by atoms with van der Waals surface area (Å²) in [6.45, 7) is 2.36. The summed E-state index contributed by atoms with van der Waals surface area (Å²) in [5.74, 6) is -1.77. The first-order valence-corrected chi connectivity index (χ1v) is 6.29. The van der Waals surface area contributed by atoms with Crippen molar-refractivity contribution in [1.29, 1.82) is 0 Å². The first kappa shape index (κ1) is 14.7. The van der Waals surface area contributed by atoms with Gasteiger partial charge in [0, 0.05) is 17.2 Å². The van der Waals surface area contributed by atoms with Crippen LogP contribution in [-0.2, 0) is 11.3 Å². The second-order valence-corrected chi connectivity index (χ2v) is 4.72. The van der Waals surface area contributed by atoms with Crippen LogP contribution in [0.1, 0.15) is 23.8 Å². The maximum Gasteiger partial charge on any atom is 0.334 e. The number of aliphatic hydroxyl groups excluding tert-OH is 1. The maximum atomic E-state index is 11.8. The van der Waals surface area contributed by atoms with Crippen molar-refractivity contribution in [3.05, 3.63) is 22.4 Å². The molecule has 1 unspecified atom stereocenters. The van der Waals surface area contributed by atoms with E-state index >= 15 is 0 Å². The van der Waals surface area contributed by atoms with Crippen LogP contribution in [0.25, 0.3) is 0 Å². The van der Waals surface area contributed by atoms with E-state index in [9.17, 15) is 9.59 Å². The van der Waals surface area contributed by atoms with Crippen molar-refractivity contribution in [1.82, 2.24) is 9.88 Å². The lowest BCUT2D eigenvalue weighted by Gasteiger charge is -2.10. The average molecular weight is 319 g/mol. The molecule has 0 bridgehead atoms. The van der Waals surface area contributed by atoms with Crippen molar-refractivity contribution in [2.45, 2.75) is 26.0 Å². The predicted octanol–water partition coefficient (Wildman–Crippen LogP) is 0.836. The van der Waals surface area contributed by atoms with Gasteiger partial charge in [0.05, 0.1) is 6.54 Å². The van der Waals surface area contributed by atoms with E-state index in [4.69, 9.17) is 10.2 Å². The molecule has 1 amide bonds. The van der Waals surface area contributed by atoms with E-state index in [0.717, 1.165) is 10.9 Å². The predicted molar refractivity (Wildman–Crippen MR) is 68.4 cm³/mol. The van der Waals surface area contributed by atoms with Crippen molar-refractivity contribution >= 4 is 27.8 Å². The van der Waals surface area contributed by atoms with Crippen molar-refractivity contribution in [3.63, 3.8) is 0 Å². The Hall–Kier alpha value is -1.34. The van der Waals surface area contributed by atoms with Crippen LogP contribution in [-0.4, -0.2) is 39.3 Å². The number of rotatable bonds is 6. The molecule has 0 fully saturated rings. The molecule has 18 heavy (non-hydrogen) atoms. The minimum absolute atomic E-state index is 0.316. The molecule has 1 aromatic heterocycles. The zero-order valence-corrected chi connectivity index (χ0v) is 11.5. The fourth-order valence-electron chi connectivity index (χ4n) is 1.46. The Labute approximate surface area is 113 Å². The van der Waals surface area contributed by atoms with Gasteiger partial charge in [-0.25, -0.2) is 4.79 Å². The number of halogens is 1. The van der Waals surface area contributed by atoms with Gasteiger partial charge in [-0.1, -0.05) is 6.92 Å². The third-order valence-electron chi connectivity index (χ3n) is 2.30. The Kier molecular flexibility index (Phi) is 5.36. The molecule has 1 aromatic rings. The Morgan fingerprint density at radius 3 is 2.78 bits per heavy atom. The normalized spacial score (nSPS) is 12.2. The fourth-order valence-corrected chi connectivity index (χ4v) is 1.92. The van der Waals surface area contributed by atoms with Gasteiger partial charge in [0.15, 0.2) is 6.10 Å². The summed E-state index contributed by atoms with van der Waals surface area (Å²) < 4.78 is 2.55. The highest BCUT2D eigenvalue weighted by Gasteiger charge is 2.17. The summed E-state index contributed by atoms with van der Waals surface area (Å²) in [5.41, 5.74) is 0.432. The van der Waals surface area contributed by atoms with E-state index in [1.165, 1.54) is 0 Å². The lowest BCUT2D eigenvalue weighted by molar-refractivity contribution is -0.146. The lowest BCUT2D eigenvalue weighted by Crippen LogP contribution is -2.37. The van der Waals surface area contributed by atoms with Gasteiger partial charge in [-0.2, -0.15) is 0 Å². The zero-order valence-electron chi connectivity index (χ0n) is 9.89. The fraction of sp³-hybridized carbons (Fsp3) is 0.455. The van der Waals surface area contributed by atoms with E-state index in [0.29, 0.717) is 12.2 Å². The molecular formula is C11H15BrN2O4. The van der Waals surface area contributed by atoms with E-state index in [-0.39, 0.29) is 6.54 Å². The second-order valence-electron chi connectivity index (χ2n) is 3.80. The van der Waals surface area contributed by atoms with Gasteiger partial charge in [0.1, 0.15) is 5.69 Å². The molecule has 1 atom stereocenters. The number of nitrogens with zero attached hydrogens (tertiary/aromatic N) is 1. The molecule has 1 heterocycles. The number of hydrogen-bond donors (Lipinski definition) is 3. The van der Waals surface area contributed by atoms with Crippen molar-refractivity contribution in [3.8, 4) is 0 Å². The number of amides is 1. The number of carbonyl (C=O) groups is 2. The summed E-state index contributed by atoms with van der Waals surface area (Å²) in [7, 11) is 0. The standard InChI is InChI=1S/C11H15BrN2O4/c1-2-3-14-6-7(12)4-8(14)10(16)13-5-9(15)11(17)18/h4,6,9,15H,2-3,5H2,1H3,(H,13,16)(H,17,18). The summed E-state index contributed by atoms with van der Waals surface area (Å²) in [6, 6.07) is 1.65. The minimum Gasteiger partial charge on any atom is -0.479 e. The van der Waals surface area contributed by atoms with E-state index in [1.807, 2.05) is 6.92 Å². The van der Waals surface area contributed by atoms with Crippen molar-refractivity contribution < 1.29 is 19.8 Å². The first-order chi connectivity index (χ1) is 8.45. The van der Waals surface area contributed by atoms with E-state index in [1.54, 1.807) is 16.8 Å². The number of aliphatic hydroxyl groups is 1. The highest BCUT2D eigenvalue weighted by atomic mass is 79.9. The van der Waals surface area contributed by atoms with Gasteiger partial charge in [-0.3, -0.25) is 4.79 Å². The smallest absolute Gasteiger partial charge is 0.334 e. The van der Waals surface area contributed by atoms with Crippen molar-refractivity contribution in [2.24, 2.45) is 0 Å². The average Bonchev–Trinajstić information content (AvgIpc) is 2.67. The number of carbonyl (C=O) groups excluding carboxylic acids is 1. The Morgan fingerprint density at radius 1 is 1.56 bits per heavy atom. The number of nitrogens with one attached hydrogen (secondary N) is 1. The van der Waals surface area contributed by atoms with E-state index in [2.05, 4.69) is 21.2 Å². The topological polar surface area (TPSA) is 91.6 Å². The number of carboxylic acid groups (broad SMARTS) is 1. The molecule has 0 aliphatic heterocycles. The Morgan fingerprint density at radius 2 is 2.22 bits per heavy atom. The van der Waals surface area contributed by atoms with Crippen molar-refractivity contribution in [2.75, 3.05) is 6.54 Å². The third kappa shape index (κ3) is 3.85. The monoisotopic (exact) mass is 318 g/mol. The van der Waals surface area contributed by atoms with Gasteiger partial charge < -0.3 is 20.1 Å². The van der Waals surface area contributed by atoms with Crippen LogP contribution in [0.5, 0.6) is 0 Å². The molecular weight excluding hydrogens is 304 g/mol. The number of aryl methyl sites for hydroxylation is 1. The van der Waals surface area contributed by atoms with Gasteiger partial charge in [0.2, 0.25) is 0 Å². The molecule has 3 N–H and O–H groups in total. The van der Waals surface area contributed by atoms with Gasteiger partial charge in [-0.05, 0) is 28.4 Å². The van der Waals surface area contributed by atoms with Gasteiger partial charge in [0.25, 0.3) is 5.91 Å². The molecule has 0 saturated carbocycles. The number of hydrogen-bond acceptors (Lipinski definition) is 3. The molecule has 6 nitrogen and oxygen atoms in total. The summed E-state index contributed by atoms with van der Waals surface area (Å²) in [4.78, 5) is 22.2. The summed E-state index contributed by atoms with van der Waals surface area (Å²) >= 11 is 3.28. The summed E-state index contributed by atoms with van der Waals surface area (Å²) in [6.07, 6.45) is 1.07. The molecule has 0 spiro atoms. The number of aromatic nitrogens is 1. The molecule has 100 valence electrons. The molecule has 0 radical (unpaired) electrons. The van der Waals surface area contributed by atoms with Gasteiger partial charge >= 0.3 is 5.97 Å². The minimum atomic E-state index is -1.59. The Bertz CT molecular complexity index is 444. The zero-order chi connectivity index (χ0) is 13.7. The Balaban J connectivity index is 2.69. The highest BCUT2D eigenvalue weighted by molar-refractivity contribution is 9.10. The van der Waals surface area contributed by atoms with Crippen LogP contribution < -0.4 is 5.32 Å². The maximum absolute atomic E-state index is 11.8. The number of aliphatic carboxylic acids is 1. The van der Waals surface area contributed by atoms with Gasteiger partial charge in [-0.15, -0.1) is 0 Å². The largest absolute Gasteiger partial charge is 0.479 e. The lowest BCUT2D eigenvalue weighted by atomic mass is 10.3. The SMILES string of the molecule is CCCn1cc(Br)cc1C(=O)NCC(O)C(=O)O. The highest BCUT2D eigenvalue weighted by Crippen LogP contribution is 2.15. The van der Waals surface area contributed by atoms with Crippen LogP contribution in [0.3, 0.4) is 0 Å². The molecule has 0 aliphatic carbocycles. The van der Waals surface area contributed by atoms with Crippen LogP contribution in [0, 0.1) is 0 Å². The first-order valence-electron chi connectivity index (χ1n) is 5.50. The molecule has 0 saturated heterocycles. The molecule has 0 aliphatic rings. The van der Waals surface area contributed by atoms with Crippen LogP contribution >= 0.6 is 15.9 Å². The third-order valence-corrected chi connectivity index (χ3v) is 2.74. The molecule has 1 rings (SSSR count). The van der Waals surface area contributed by atoms with Crippen LogP contribution in [0.2, 0.25) is 0 Å². The summed E-state index contributed by atoms with van der Waals surface area (Å²) in [5, 5.41) is 19.9. The van der Waals surface area contributed by atoms with E-state index < -0.39 is 18.0 Å². The van der Waals surface area contributed by atoms with Crippen LogP contribution in [0.15, 0.2) is 16.7 Å². The van der Waals surface area contributed by atoms with Crippen LogP contribution in [0.4, 0.5) is 0 Å².